The van der Waals surface area contributed by atoms with E-state index in [0.717, 1.165) is 31.1 Å². The van der Waals surface area contributed by atoms with Crippen LogP contribution in [0.15, 0.2) is 30.3 Å². The molecule has 2 aliphatic rings. The van der Waals surface area contributed by atoms with E-state index in [0.29, 0.717) is 29.3 Å². The molecule has 1 N–H and O–H groups in total. The standard InChI is InChI=1S/C18H18ClN3O2/c19-13-5-1-4-12-6-7-14(21-15(12)13)16(23)22-11-3-9-18(22)8-2-10-20-17(18)24/h1,4-7H,2-3,8-11H2,(H,20,24). The quantitative estimate of drug-likeness (QED) is 0.866. The Morgan fingerprint density at radius 2 is 2.04 bits per heavy atom. The summed E-state index contributed by atoms with van der Waals surface area (Å²) in [6.07, 6.45) is 3.18. The molecule has 2 aliphatic heterocycles. The molecular weight excluding hydrogens is 326 g/mol. The summed E-state index contributed by atoms with van der Waals surface area (Å²) >= 11 is 6.21. The lowest BCUT2D eigenvalue weighted by Crippen LogP contribution is -2.60. The van der Waals surface area contributed by atoms with Crippen molar-refractivity contribution in [3.05, 3.63) is 41.0 Å². The van der Waals surface area contributed by atoms with Gasteiger partial charge in [0.15, 0.2) is 0 Å². The van der Waals surface area contributed by atoms with Gasteiger partial charge < -0.3 is 10.2 Å². The predicted octanol–water partition coefficient (Wildman–Crippen LogP) is 2.77. The summed E-state index contributed by atoms with van der Waals surface area (Å²) < 4.78 is 0. The Kier molecular flexibility index (Phi) is 3.68. The molecule has 6 heteroatoms. The number of nitrogens with one attached hydrogen (secondary N) is 1. The van der Waals surface area contributed by atoms with Gasteiger partial charge in [0.05, 0.1) is 10.5 Å². The number of fused-ring (bicyclic) bond motifs is 1. The zero-order valence-corrected chi connectivity index (χ0v) is 14.0. The van der Waals surface area contributed by atoms with Crippen LogP contribution in [0.1, 0.15) is 36.2 Å². The zero-order valence-electron chi connectivity index (χ0n) is 13.2. The van der Waals surface area contributed by atoms with Crippen molar-refractivity contribution >= 4 is 34.3 Å². The fraction of sp³-hybridized carbons (Fsp3) is 0.389. The number of benzene rings is 1. The molecule has 3 heterocycles. The second kappa shape index (κ2) is 5.74. The molecule has 2 fully saturated rings. The molecule has 0 aliphatic carbocycles. The predicted molar refractivity (Wildman–Crippen MR) is 92.0 cm³/mol. The van der Waals surface area contributed by atoms with Crippen molar-refractivity contribution in [1.29, 1.82) is 0 Å². The van der Waals surface area contributed by atoms with Gasteiger partial charge in [-0.05, 0) is 37.8 Å². The van der Waals surface area contributed by atoms with Crippen molar-refractivity contribution < 1.29 is 9.59 Å². The Labute approximate surface area is 145 Å². The van der Waals surface area contributed by atoms with Crippen molar-refractivity contribution in [1.82, 2.24) is 15.2 Å². The minimum atomic E-state index is -0.702. The summed E-state index contributed by atoms with van der Waals surface area (Å²) in [5.41, 5.74) is 0.258. The average Bonchev–Trinajstić information content (AvgIpc) is 3.02. The van der Waals surface area contributed by atoms with Crippen LogP contribution in [0.3, 0.4) is 0 Å². The van der Waals surface area contributed by atoms with Gasteiger partial charge in [0.1, 0.15) is 11.2 Å². The fourth-order valence-corrected chi connectivity index (χ4v) is 4.12. The van der Waals surface area contributed by atoms with Gasteiger partial charge in [-0.2, -0.15) is 0 Å². The molecule has 4 rings (SSSR count). The number of pyridine rings is 1. The molecule has 24 heavy (non-hydrogen) atoms. The number of nitrogens with zero attached hydrogens (tertiary/aromatic N) is 2. The Bertz CT molecular complexity index is 838. The van der Waals surface area contributed by atoms with Crippen LogP contribution in [0.25, 0.3) is 10.9 Å². The SMILES string of the molecule is O=C(c1ccc2cccc(Cl)c2n1)N1CCCC12CCCNC2=O. The van der Waals surface area contributed by atoms with Crippen LogP contribution in [-0.4, -0.2) is 40.3 Å². The number of hydrogen-bond acceptors (Lipinski definition) is 3. The number of aromatic nitrogens is 1. The number of rotatable bonds is 1. The maximum absolute atomic E-state index is 13.1. The molecule has 1 aromatic heterocycles. The summed E-state index contributed by atoms with van der Waals surface area (Å²) in [6, 6.07) is 9.10. The second-order valence-electron chi connectivity index (χ2n) is 6.46. The van der Waals surface area contributed by atoms with E-state index in [9.17, 15) is 9.59 Å². The second-order valence-corrected chi connectivity index (χ2v) is 6.87. The third kappa shape index (κ3) is 2.26. The smallest absolute Gasteiger partial charge is 0.273 e. The summed E-state index contributed by atoms with van der Waals surface area (Å²) in [5.74, 6) is -0.218. The Morgan fingerprint density at radius 3 is 2.88 bits per heavy atom. The summed E-state index contributed by atoms with van der Waals surface area (Å²) in [5, 5.41) is 4.33. The van der Waals surface area contributed by atoms with Gasteiger partial charge in [0.2, 0.25) is 5.91 Å². The van der Waals surface area contributed by atoms with E-state index in [1.54, 1.807) is 17.0 Å². The molecule has 2 saturated heterocycles. The maximum atomic E-state index is 13.1. The summed E-state index contributed by atoms with van der Waals surface area (Å²) in [4.78, 5) is 31.7. The number of para-hydroxylation sites is 1. The van der Waals surface area contributed by atoms with Crippen LogP contribution in [0.4, 0.5) is 0 Å². The van der Waals surface area contributed by atoms with Crippen LogP contribution in [-0.2, 0) is 4.79 Å². The number of likely N-dealkylation sites (tertiary alicyclic amines) is 1. The average molecular weight is 344 g/mol. The first-order chi connectivity index (χ1) is 11.6. The van der Waals surface area contributed by atoms with Gasteiger partial charge in [-0.1, -0.05) is 29.8 Å². The monoisotopic (exact) mass is 343 g/mol. The number of halogens is 1. The summed E-state index contributed by atoms with van der Waals surface area (Å²) in [6.45, 7) is 1.28. The van der Waals surface area contributed by atoms with Crippen LogP contribution < -0.4 is 5.32 Å². The molecule has 2 aromatic rings. The number of hydrogen-bond donors (Lipinski definition) is 1. The number of carbonyl (C=O) groups is 2. The first-order valence-electron chi connectivity index (χ1n) is 8.27. The lowest BCUT2D eigenvalue weighted by Gasteiger charge is -2.39. The molecule has 2 amide bonds. The largest absolute Gasteiger partial charge is 0.354 e. The summed E-state index contributed by atoms with van der Waals surface area (Å²) in [7, 11) is 0. The Hall–Kier alpha value is -2.14. The minimum absolute atomic E-state index is 0.0292. The molecule has 0 radical (unpaired) electrons. The number of piperidine rings is 1. The molecule has 124 valence electrons. The molecule has 1 unspecified atom stereocenters. The van der Waals surface area contributed by atoms with Crippen molar-refractivity contribution in [3.63, 3.8) is 0 Å². The fourth-order valence-electron chi connectivity index (χ4n) is 3.90. The van der Waals surface area contributed by atoms with Gasteiger partial charge in [-0.3, -0.25) is 9.59 Å². The van der Waals surface area contributed by atoms with Gasteiger partial charge in [0.25, 0.3) is 5.91 Å². The van der Waals surface area contributed by atoms with E-state index >= 15 is 0 Å². The maximum Gasteiger partial charge on any atom is 0.273 e. The normalized spacial score (nSPS) is 23.7. The van der Waals surface area contributed by atoms with Crippen LogP contribution in [0, 0.1) is 0 Å². The number of amides is 2. The highest BCUT2D eigenvalue weighted by Gasteiger charge is 2.50. The molecule has 0 saturated carbocycles. The molecule has 0 bridgehead atoms. The van der Waals surface area contributed by atoms with Crippen molar-refractivity contribution in [2.24, 2.45) is 0 Å². The van der Waals surface area contributed by atoms with E-state index < -0.39 is 5.54 Å². The van der Waals surface area contributed by atoms with E-state index in [2.05, 4.69) is 10.3 Å². The molecule has 1 spiro atoms. The third-order valence-corrected chi connectivity index (χ3v) is 5.40. The molecule has 5 nitrogen and oxygen atoms in total. The van der Waals surface area contributed by atoms with Crippen LogP contribution in [0.5, 0.6) is 0 Å². The number of carbonyl (C=O) groups excluding carboxylic acids is 2. The highest BCUT2D eigenvalue weighted by Crippen LogP contribution is 2.36. The van der Waals surface area contributed by atoms with Gasteiger partial charge in [0, 0.05) is 18.5 Å². The van der Waals surface area contributed by atoms with Gasteiger partial charge >= 0.3 is 0 Å². The third-order valence-electron chi connectivity index (χ3n) is 5.10. The van der Waals surface area contributed by atoms with E-state index in [-0.39, 0.29) is 11.8 Å². The highest BCUT2D eigenvalue weighted by atomic mass is 35.5. The topological polar surface area (TPSA) is 62.3 Å². The zero-order chi connectivity index (χ0) is 16.7. The Morgan fingerprint density at radius 1 is 1.21 bits per heavy atom. The van der Waals surface area contributed by atoms with Crippen LogP contribution in [0.2, 0.25) is 5.02 Å². The molecule has 1 atom stereocenters. The lowest BCUT2D eigenvalue weighted by atomic mass is 9.86. The Balaban J connectivity index is 1.73. The first kappa shape index (κ1) is 15.4. The van der Waals surface area contributed by atoms with Crippen LogP contribution >= 0.6 is 11.6 Å². The highest BCUT2D eigenvalue weighted by molar-refractivity contribution is 6.35. The van der Waals surface area contributed by atoms with E-state index in [4.69, 9.17) is 11.6 Å². The minimum Gasteiger partial charge on any atom is -0.354 e. The van der Waals surface area contributed by atoms with E-state index in [1.807, 2.05) is 18.2 Å². The van der Waals surface area contributed by atoms with Crippen molar-refractivity contribution in [3.8, 4) is 0 Å². The van der Waals surface area contributed by atoms with Crippen molar-refractivity contribution in [2.75, 3.05) is 13.1 Å². The molecular formula is C18H18ClN3O2. The van der Waals surface area contributed by atoms with Crippen molar-refractivity contribution in [2.45, 2.75) is 31.2 Å². The lowest BCUT2D eigenvalue weighted by molar-refractivity contribution is -0.133. The van der Waals surface area contributed by atoms with E-state index in [1.165, 1.54) is 0 Å². The van der Waals surface area contributed by atoms with Gasteiger partial charge in [-0.15, -0.1) is 0 Å². The molecule has 1 aromatic carbocycles. The van der Waals surface area contributed by atoms with Gasteiger partial charge in [-0.25, -0.2) is 4.98 Å². The first-order valence-corrected chi connectivity index (χ1v) is 8.65.